The Morgan fingerprint density at radius 3 is 2.32 bits per heavy atom. The van der Waals surface area contributed by atoms with E-state index in [1.165, 1.54) is 11.1 Å². The average molecular weight is 303 g/mol. The van der Waals surface area contributed by atoms with Crippen molar-refractivity contribution in [1.82, 2.24) is 0 Å². The van der Waals surface area contributed by atoms with Crippen LogP contribution in [0.5, 0.6) is 5.75 Å². The van der Waals surface area contributed by atoms with E-state index in [0.29, 0.717) is 17.7 Å². The largest absolute Gasteiger partial charge is 0.496 e. The fourth-order valence-corrected chi connectivity index (χ4v) is 3.32. The Morgan fingerprint density at radius 2 is 1.84 bits per heavy atom. The highest BCUT2D eigenvalue weighted by molar-refractivity contribution is 6.21. The Hall–Kier alpha value is -0.400. The first kappa shape index (κ1) is 16.7. The molecule has 0 amide bonds. The molecule has 0 radical (unpaired) electrons. The van der Waals surface area contributed by atoms with Gasteiger partial charge in [0.2, 0.25) is 0 Å². The van der Waals surface area contributed by atoms with Crippen LogP contribution in [-0.4, -0.2) is 18.9 Å². The second-order valence-corrected chi connectivity index (χ2v) is 6.39. The molecule has 0 N–H and O–H groups in total. The molecule has 19 heavy (non-hydrogen) atoms. The lowest BCUT2D eigenvalue weighted by Crippen LogP contribution is -2.30. The number of rotatable bonds is 7. The van der Waals surface area contributed by atoms with Crippen LogP contribution in [0, 0.1) is 18.3 Å². The minimum atomic E-state index is -0.0572. The number of methoxy groups -OCH3 is 1. The highest BCUT2D eigenvalue weighted by Gasteiger charge is 2.30. The molecule has 0 atom stereocenters. The Kier molecular flexibility index (Phi) is 6.49. The second kappa shape index (κ2) is 7.40. The number of benzene rings is 1. The molecule has 1 rings (SSSR count). The zero-order valence-corrected chi connectivity index (χ0v) is 13.8. The molecule has 0 bridgehead atoms. The number of aryl methyl sites for hydroxylation is 1. The van der Waals surface area contributed by atoms with Gasteiger partial charge in [0.15, 0.2) is 0 Å². The minimum absolute atomic E-state index is 0.0572. The maximum Gasteiger partial charge on any atom is 0.122 e. The van der Waals surface area contributed by atoms with Crippen molar-refractivity contribution < 1.29 is 4.74 Å². The van der Waals surface area contributed by atoms with Gasteiger partial charge in [0.1, 0.15) is 5.75 Å². The summed E-state index contributed by atoms with van der Waals surface area (Å²) in [5.74, 6) is 2.65. The smallest absolute Gasteiger partial charge is 0.122 e. The third-order valence-corrected chi connectivity index (χ3v) is 4.54. The molecule has 0 aliphatic rings. The van der Waals surface area contributed by atoms with Crippen LogP contribution in [0.2, 0.25) is 0 Å². The van der Waals surface area contributed by atoms with E-state index < -0.39 is 0 Å². The molecule has 0 heterocycles. The van der Waals surface area contributed by atoms with Crippen molar-refractivity contribution in [2.75, 3.05) is 18.9 Å². The van der Waals surface area contributed by atoms with Crippen LogP contribution in [0.3, 0.4) is 0 Å². The van der Waals surface area contributed by atoms with E-state index in [2.05, 4.69) is 32.9 Å². The maximum atomic E-state index is 6.23. The summed E-state index contributed by atoms with van der Waals surface area (Å²) in [5, 5.41) is 0. The first-order valence-electron chi connectivity index (χ1n) is 6.72. The van der Waals surface area contributed by atoms with Crippen molar-refractivity contribution in [3.8, 4) is 5.75 Å². The van der Waals surface area contributed by atoms with Gasteiger partial charge in [-0.1, -0.05) is 31.5 Å². The highest BCUT2D eigenvalue weighted by atomic mass is 35.5. The van der Waals surface area contributed by atoms with Gasteiger partial charge in [-0.15, -0.1) is 23.2 Å². The number of hydrogen-bond donors (Lipinski definition) is 0. The molecule has 0 aliphatic heterocycles. The zero-order valence-electron chi connectivity index (χ0n) is 12.3. The number of hydrogen-bond acceptors (Lipinski definition) is 1. The molecule has 0 unspecified atom stereocenters. The third-order valence-electron chi connectivity index (χ3n) is 3.41. The number of halogens is 2. The summed E-state index contributed by atoms with van der Waals surface area (Å²) < 4.78 is 5.45. The topological polar surface area (TPSA) is 9.23 Å². The van der Waals surface area contributed by atoms with E-state index in [0.717, 1.165) is 18.6 Å². The second-order valence-electron chi connectivity index (χ2n) is 5.86. The van der Waals surface area contributed by atoms with Gasteiger partial charge in [-0.05, 0) is 37.3 Å². The minimum Gasteiger partial charge on any atom is -0.496 e. The van der Waals surface area contributed by atoms with Crippen LogP contribution in [0.25, 0.3) is 0 Å². The van der Waals surface area contributed by atoms with Crippen molar-refractivity contribution in [3.05, 3.63) is 29.3 Å². The molecule has 0 saturated carbocycles. The van der Waals surface area contributed by atoms with Crippen LogP contribution < -0.4 is 4.74 Å². The predicted octanol–water partition coefficient (Wildman–Crippen LogP) is 5.06. The van der Waals surface area contributed by atoms with E-state index >= 15 is 0 Å². The lowest BCUT2D eigenvalue weighted by Gasteiger charge is -2.32. The van der Waals surface area contributed by atoms with E-state index in [1.807, 2.05) is 6.07 Å². The first-order chi connectivity index (χ1) is 8.96. The number of alkyl halides is 2. The van der Waals surface area contributed by atoms with Gasteiger partial charge in [0, 0.05) is 17.2 Å². The van der Waals surface area contributed by atoms with Crippen LogP contribution in [0.15, 0.2) is 18.2 Å². The lowest BCUT2D eigenvalue weighted by atomic mass is 9.78. The van der Waals surface area contributed by atoms with E-state index in [-0.39, 0.29) is 5.41 Å². The van der Waals surface area contributed by atoms with Crippen LogP contribution >= 0.6 is 23.2 Å². The van der Waals surface area contributed by atoms with Gasteiger partial charge < -0.3 is 4.74 Å². The summed E-state index contributed by atoms with van der Waals surface area (Å²) in [6.45, 7) is 6.51. The SMILES string of the molecule is COc1ccc(C)cc1CC(CCl)(CCl)CC(C)C. The molecule has 0 saturated heterocycles. The van der Waals surface area contributed by atoms with Crippen molar-refractivity contribution in [2.24, 2.45) is 11.3 Å². The summed E-state index contributed by atoms with van der Waals surface area (Å²) in [6.07, 6.45) is 1.89. The monoisotopic (exact) mass is 302 g/mol. The fourth-order valence-electron chi connectivity index (χ4n) is 2.63. The lowest BCUT2D eigenvalue weighted by molar-refractivity contribution is 0.290. The van der Waals surface area contributed by atoms with E-state index in [4.69, 9.17) is 27.9 Å². The number of ether oxygens (including phenoxy) is 1. The normalized spacial score (nSPS) is 11.9. The molecule has 1 aromatic rings. The molecule has 0 fully saturated rings. The summed E-state index contributed by atoms with van der Waals surface area (Å²) in [6, 6.07) is 6.26. The van der Waals surface area contributed by atoms with Crippen LogP contribution in [0.1, 0.15) is 31.4 Å². The molecule has 0 aromatic heterocycles. The van der Waals surface area contributed by atoms with E-state index in [1.54, 1.807) is 7.11 Å². The van der Waals surface area contributed by atoms with Crippen molar-refractivity contribution in [1.29, 1.82) is 0 Å². The summed E-state index contributed by atoms with van der Waals surface area (Å²) in [5.41, 5.74) is 2.38. The van der Waals surface area contributed by atoms with Gasteiger partial charge in [-0.3, -0.25) is 0 Å². The van der Waals surface area contributed by atoms with Crippen LogP contribution in [0.4, 0.5) is 0 Å². The molecular formula is C16H24Cl2O. The van der Waals surface area contributed by atoms with Crippen LogP contribution in [-0.2, 0) is 6.42 Å². The molecule has 0 aliphatic carbocycles. The Morgan fingerprint density at radius 1 is 1.21 bits per heavy atom. The van der Waals surface area contributed by atoms with Gasteiger partial charge in [-0.25, -0.2) is 0 Å². The Bertz CT molecular complexity index is 398. The van der Waals surface area contributed by atoms with Crippen molar-refractivity contribution in [2.45, 2.75) is 33.6 Å². The first-order valence-corrected chi connectivity index (χ1v) is 7.78. The molecule has 1 nitrogen and oxygen atoms in total. The van der Waals surface area contributed by atoms with Gasteiger partial charge >= 0.3 is 0 Å². The molecule has 108 valence electrons. The molecule has 1 aromatic carbocycles. The quantitative estimate of drug-likeness (QED) is 0.640. The van der Waals surface area contributed by atoms with Gasteiger partial charge in [0.05, 0.1) is 7.11 Å². The summed E-state index contributed by atoms with van der Waals surface area (Å²) in [7, 11) is 1.71. The average Bonchev–Trinajstić information content (AvgIpc) is 2.37. The Labute approximate surface area is 127 Å². The predicted molar refractivity (Wildman–Crippen MR) is 84.8 cm³/mol. The molecule has 3 heteroatoms. The fraction of sp³-hybridized carbons (Fsp3) is 0.625. The third kappa shape index (κ3) is 4.57. The maximum absolute atomic E-state index is 6.23. The van der Waals surface area contributed by atoms with E-state index in [9.17, 15) is 0 Å². The van der Waals surface area contributed by atoms with Gasteiger partial charge in [-0.2, -0.15) is 0 Å². The molecule has 0 spiro atoms. The highest BCUT2D eigenvalue weighted by Crippen LogP contribution is 2.36. The zero-order chi connectivity index (χ0) is 14.5. The van der Waals surface area contributed by atoms with Gasteiger partial charge in [0.25, 0.3) is 0 Å². The summed E-state index contributed by atoms with van der Waals surface area (Å²) >= 11 is 12.5. The standard InChI is InChI=1S/C16H24Cl2O/c1-12(2)8-16(10-17,11-18)9-14-7-13(3)5-6-15(14)19-4/h5-7,12H,8-11H2,1-4H3. The molecular weight excluding hydrogens is 279 g/mol. The van der Waals surface area contributed by atoms with Crippen molar-refractivity contribution >= 4 is 23.2 Å². The summed E-state index contributed by atoms with van der Waals surface area (Å²) in [4.78, 5) is 0. The van der Waals surface area contributed by atoms with Crippen molar-refractivity contribution in [3.63, 3.8) is 0 Å². The Balaban J connectivity index is 3.05.